The van der Waals surface area contributed by atoms with Gasteiger partial charge in [-0.15, -0.1) is 0 Å². The maximum absolute atomic E-state index is 12.8. The van der Waals surface area contributed by atoms with Gasteiger partial charge in [0.15, 0.2) is 0 Å². The number of hydrogen-bond donors (Lipinski definition) is 2. The second kappa shape index (κ2) is 7.11. The zero-order chi connectivity index (χ0) is 18.9. The number of hydrogen-bond acceptors (Lipinski definition) is 3. The Bertz CT molecular complexity index is 917. The number of anilines is 1. The molecule has 1 saturated carbocycles. The van der Waals surface area contributed by atoms with Crippen LogP contribution < -0.4 is 10.0 Å². The molecule has 0 bridgehead atoms. The standard InChI is InChI=1S/C20H24N2O3S/c1-13-4-7-15(8-5-13)19(16-10-11-16)21-20(23)17-9-6-14(2)18(12-17)22-26(3,24)25/h4-9,12,16,19,22H,10-11H2,1-3H3,(H,21,23). The molecule has 2 aromatic carbocycles. The number of carbonyl (C=O) groups excluding carboxylic acids is 1. The lowest BCUT2D eigenvalue weighted by Gasteiger charge is -2.19. The van der Waals surface area contributed by atoms with Crippen LogP contribution in [0.5, 0.6) is 0 Å². The van der Waals surface area contributed by atoms with E-state index < -0.39 is 10.0 Å². The van der Waals surface area contributed by atoms with Crippen LogP contribution in [0.4, 0.5) is 5.69 Å². The highest BCUT2D eigenvalue weighted by atomic mass is 32.2. The van der Waals surface area contributed by atoms with Gasteiger partial charge in [-0.25, -0.2) is 8.42 Å². The van der Waals surface area contributed by atoms with Gasteiger partial charge in [0, 0.05) is 5.56 Å². The van der Waals surface area contributed by atoms with Crippen molar-refractivity contribution in [2.24, 2.45) is 5.92 Å². The fourth-order valence-corrected chi connectivity index (χ4v) is 3.59. The van der Waals surface area contributed by atoms with Crippen molar-refractivity contribution in [3.8, 4) is 0 Å². The van der Waals surface area contributed by atoms with E-state index in [-0.39, 0.29) is 11.9 Å². The number of sulfonamides is 1. The Hall–Kier alpha value is -2.34. The Balaban J connectivity index is 1.82. The van der Waals surface area contributed by atoms with Gasteiger partial charge in [0.05, 0.1) is 18.0 Å². The SMILES string of the molecule is Cc1ccc(C(NC(=O)c2ccc(C)c(NS(C)(=O)=O)c2)C2CC2)cc1. The van der Waals surface area contributed by atoms with Gasteiger partial charge < -0.3 is 5.32 Å². The van der Waals surface area contributed by atoms with Crippen LogP contribution in [0.3, 0.4) is 0 Å². The monoisotopic (exact) mass is 372 g/mol. The smallest absolute Gasteiger partial charge is 0.251 e. The molecule has 26 heavy (non-hydrogen) atoms. The second-order valence-corrected chi connectivity index (χ2v) is 8.85. The van der Waals surface area contributed by atoms with E-state index in [1.54, 1.807) is 25.1 Å². The molecule has 0 radical (unpaired) electrons. The fourth-order valence-electron chi connectivity index (χ4n) is 2.97. The number of aryl methyl sites for hydroxylation is 2. The molecule has 0 spiro atoms. The highest BCUT2D eigenvalue weighted by Gasteiger charge is 2.33. The van der Waals surface area contributed by atoms with E-state index in [0.29, 0.717) is 17.2 Å². The topological polar surface area (TPSA) is 75.3 Å². The van der Waals surface area contributed by atoms with Crippen LogP contribution >= 0.6 is 0 Å². The van der Waals surface area contributed by atoms with Crippen molar-refractivity contribution in [3.05, 3.63) is 64.7 Å². The Morgan fingerprint density at radius 3 is 2.31 bits per heavy atom. The lowest BCUT2D eigenvalue weighted by molar-refractivity contribution is 0.0931. The van der Waals surface area contributed by atoms with Crippen molar-refractivity contribution in [3.63, 3.8) is 0 Å². The van der Waals surface area contributed by atoms with Crippen LogP contribution in [0.25, 0.3) is 0 Å². The Morgan fingerprint density at radius 1 is 1.08 bits per heavy atom. The molecule has 1 aliphatic carbocycles. The maximum Gasteiger partial charge on any atom is 0.251 e. The third-order valence-electron chi connectivity index (χ3n) is 4.61. The second-order valence-electron chi connectivity index (χ2n) is 7.10. The molecule has 3 rings (SSSR count). The van der Waals surface area contributed by atoms with E-state index in [0.717, 1.165) is 30.2 Å². The summed E-state index contributed by atoms with van der Waals surface area (Å²) >= 11 is 0. The summed E-state index contributed by atoms with van der Waals surface area (Å²) < 4.78 is 25.5. The molecule has 1 aliphatic rings. The average molecular weight is 372 g/mol. The molecule has 1 amide bonds. The highest BCUT2D eigenvalue weighted by Crippen LogP contribution is 2.41. The van der Waals surface area contributed by atoms with E-state index in [2.05, 4.69) is 34.3 Å². The van der Waals surface area contributed by atoms with Crippen LogP contribution in [-0.2, 0) is 10.0 Å². The zero-order valence-electron chi connectivity index (χ0n) is 15.2. The van der Waals surface area contributed by atoms with Crippen LogP contribution in [0.1, 0.15) is 45.9 Å². The molecule has 0 saturated heterocycles. The third-order valence-corrected chi connectivity index (χ3v) is 5.20. The van der Waals surface area contributed by atoms with Crippen LogP contribution in [0, 0.1) is 19.8 Å². The summed E-state index contributed by atoms with van der Waals surface area (Å²) in [5, 5.41) is 3.12. The predicted molar refractivity (Wildman–Crippen MR) is 104 cm³/mol. The molecule has 0 aliphatic heterocycles. The van der Waals surface area contributed by atoms with Crippen molar-refractivity contribution in [2.45, 2.75) is 32.7 Å². The van der Waals surface area contributed by atoms with E-state index in [4.69, 9.17) is 0 Å². The molecule has 1 atom stereocenters. The van der Waals surface area contributed by atoms with Crippen LogP contribution in [-0.4, -0.2) is 20.6 Å². The number of benzene rings is 2. The molecule has 2 N–H and O–H groups in total. The molecule has 0 heterocycles. The van der Waals surface area contributed by atoms with Gasteiger partial charge in [0.25, 0.3) is 5.91 Å². The Kier molecular flexibility index (Phi) is 5.05. The molecule has 0 aromatic heterocycles. The van der Waals surface area contributed by atoms with Gasteiger partial charge in [0.1, 0.15) is 0 Å². The number of rotatable bonds is 6. The van der Waals surface area contributed by atoms with E-state index in [1.165, 1.54) is 5.56 Å². The predicted octanol–water partition coefficient (Wildman–Crippen LogP) is 3.56. The molecular weight excluding hydrogens is 348 g/mol. The first-order valence-electron chi connectivity index (χ1n) is 8.69. The largest absolute Gasteiger partial charge is 0.345 e. The summed E-state index contributed by atoms with van der Waals surface area (Å²) in [6.45, 7) is 3.84. The molecule has 2 aromatic rings. The fraction of sp³-hybridized carbons (Fsp3) is 0.350. The lowest BCUT2D eigenvalue weighted by Crippen LogP contribution is -2.30. The van der Waals surface area contributed by atoms with E-state index >= 15 is 0 Å². The summed E-state index contributed by atoms with van der Waals surface area (Å²) in [4.78, 5) is 12.8. The molecule has 1 unspecified atom stereocenters. The lowest BCUT2D eigenvalue weighted by atomic mass is 10.0. The average Bonchev–Trinajstić information content (AvgIpc) is 3.39. The van der Waals surface area contributed by atoms with Gasteiger partial charge in [-0.3, -0.25) is 9.52 Å². The minimum atomic E-state index is -3.40. The third kappa shape index (κ3) is 4.64. The Morgan fingerprint density at radius 2 is 1.73 bits per heavy atom. The van der Waals surface area contributed by atoms with Crippen molar-refractivity contribution in [2.75, 3.05) is 11.0 Å². The molecule has 6 heteroatoms. The van der Waals surface area contributed by atoms with E-state index in [1.807, 2.05) is 6.92 Å². The number of amides is 1. The summed E-state index contributed by atoms with van der Waals surface area (Å²) in [6.07, 6.45) is 3.31. The molecule has 138 valence electrons. The van der Waals surface area contributed by atoms with Gasteiger partial charge in [-0.2, -0.15) is 0 Å². The number of carbonyl (C=O) groups is 1. The van der Waals surface area contributed by atoms with Crippen molar-refractivity contribution >= 4 is 21.6 Å². The van der Waals surface area contributed by atoms with Gasteiger partial charge in [-0.05, 0) is 55.9 Å². The summed E-state index contributed by atoms with van der Waals surface area (Å²) in [5.74, 6) is 0.264. The Labute approximate surface area is 154 Å². The quantitative estimate of drug-likeness (QED) is 0.814. The number of nitrogens with one attached hydrogen (secondary N) is 2. The van der Waals surface area contributed by atoms with E-state index in [9.17, 15) is 13.2 Å². The normalized spacial score (nSPS) is 15.3. The van der Waals surface area contributed by atoms with Crippen molar-refractivity contribution in [1.82, 2.24) is 5.32 Å². The molecular formula is C20H24N2O3S. The van der Waals surface area contributed by atoms with Crippen LogP contribution in [0.15, 0.2) is 42.5 Å². The minimum Gasteiger partial charge on any atom is -0.345 e. The summed E-state index contributed by atoms with van der Waals surface area (Å²) in [5.41, 5.74) is 3.93. The first-order valence-corrected chi connectivity index (χ1v) is 10.6. The minimum absolute atomic E-state index is 0.0179. The first kappa shape index (κ1) is 18.5. The summed E-state index contributed by atoms with van der Waals surface area (Å²) in [6, 6.07) is 13.3. The zero-order valence-corrected chi connectivity index (χ0v) is 16.1. The van der Waals surface area contributed by atoms with Crippen LogP contribution in [0.2, 0.25) is 0 Å². The van der Waals surface area contributed by atoms with Crippen molar-refractivity contribution in [1.29, 1.82) is 0 Å². The summed E-state index contributed by atoms with van der Waals surface area (Å²) in [7, 11) is -3.40. The highest BCUT2D eigenvalue weighted by molar-refractivity contribution is 7.92. The molecule has 1 fully saturated rings. The van der Waals surface area contributed by atoms with Gasteiger partial charge in [-0.1, -0.05) is 35.9 Å². The maximum atomic E-state index is 12.8. The van der Waals surface area contributed by atoms with Gasteiger partial charge >= 0.3 is 0 Å². The molecule has 5 nitrogen and oxygen atoms in total. The first-order chi connectivity index (χ1) is 12.2. The van der Waals surface area contributed by atoms with Crippen molar-refractivity contribution < 1.29 is 13.2 Å². The van der Waals surface area contributed by atoms with Gasteiger partial charge in [0.2, 0.25) is 10.0 Å².